The quantitative estimate of drug-likeness (QED) is 0.792. The molecule has 2 atom stereocenters. The number of hydrogen-bond acceptors (Lipinski definition) is 4. The number of piperidine rings is 1. The van der Waals surface area contributed by atoms with E-state index in [1.165, 1.54) is 4.90 Å². The summed E-state index contributed by atoms with van der Waals surface area (Å²) in [7, 11) is 0. The maximum atomic E-state index is 13.1. The van der Waals surface area contributed by atoms with E-state index in [1.807, 2.05) is 30.3 Å². The Labute approximate surface area is 156 Å². The number of carbonyl (C=O) groups excluding carboxylic acids is 2. The monoisotopic (exact) mass is 384 g/mol. The van der Waals surface area contributed by atoms with Gasteiger partial charge in [0.2, 0.25) is 5.91 Å². The maximum Gasteiger partial charge on any atom is 0.410 e. The molecule has 0 saturated carbocycles. The number of nitrogens with one attached hydrogen (secondary N) is 1. The van der Waals surface area contributed by atoms with E-state index in [-0.39, 0.29) is 31.5 Å². The van der Waals surface area contributed by atoms with Crippen molar-refractivity contribution in [3.8, 4) is 0 Å². The highest BCUT2D eigenvalue weighted by Gasteiger charge is 2.53. The fourth-order valence-corrected chi connectivity index (χ4v) is 4.09. The zero-order valence-electron chi connectivity index (χ0n) is 14.4. The third-order valence-corrected chi connectivity index (χ3v) is 5.51. The van der Waals surface area contributed by atoms with Gasteiger partial charge in [-0.15, -0.1) is 11.6 Å². The normalized spacial score (nSPS) is 28.2. The number of alkyl halides is 1. The smallest absolute Gasteiger partial charge is 0.410 e. The number of carbonyl (C=O) groups is 2. The van der Waals surface area contributed by atoms with E-state index in [4.69, 9.17) is 16.3 Å². The molecule has 2 saturated heterocycles. The van der Waals surface area contributed by atoms with Crippen molar-refractivity contribution in [3.63, 3.8) is 0 Å². The Morgan fingerprint density at radius 1 is 1.27 bits per heavy atom. The molecule has 2 fully saturated rings. The number of nitrogens with zero attached hydrogens (tertiary/aromatic N) is 1. The first-order valence-electron chi connectivity index (χ1n) is 8.66. The zero-order chi connectivity index (χ0) is 18.6. The van der Waals surface area contributed by atoms with Crippen molar-refractivity contribution in [2.45, 2.75) is 36.8 Å². The second kappa shape index (κ2) is 7.80. The van der Waals surface area contributed by atoms with Gasteiger partial charge in [0.25, 0.3) is 0 Å². The summed E-state index contributed by atoms with van der Waals surface area (Å²) in [5, 5.41) is 2.99. The van der Waals surface area contributed by atoms with Gasteiger partial charge in [0, 0.05) is 13.0 Å². The Kier molecular flexibility index (Phi) is 5.67. The van der Waals surface area contributed by atoms with Crippen LogP contribution < -0.4 is 5.32 Å². The maximum absolute atomic E-state index is 13.1. The van der Waals surface area contributed by atoms with Crippen LogP contribution in [0.3, 0.4) is 0 Å². The molecule has 26 heavy (non-hydrogen) atoms. The average Bonchev–Trinajstić information content (AvgIpc) is 3.02. The molecule has 1 spiro atoms. The first kappa shape index (κ1) is 18.9. The minimum absolute atomic E-state index is 0.0342. The predicted octanol–water partition coefficient (Wildman–Crippen LogP) is 2.90. The van der Waals surface area contributed by atoms with Crippen LogP contribution in [0.25, 0.3) is 0 Å². The van der Waals surface area contributed by atoms with Crippen LogP contribution in [-0.2, 0) is 20.0 Å². The van der Waals surface area contributed by atoms with Crippen molar-refractivity contribution < 1.29 is 23.8 Å². The average molecular weight is 385 g/mol. The highest BCUT2D eigenvalue weighted by Crippen LogP contribution is 2.44. The summed E-state index contributed by atoms with van der Waals surface area (Å²) in [4.78, 5) is 30.1. The molecule has 2 amide bonds. The Morgan fingerprint density at radius 2 is 2.04 bits per heavy atom. The molecule has 1 aromatic rings. The highest BCUT2D eigenvalue weighted by atomic mass is 35.5. The first-order valence-corrected chi connectivity index (χ1v) is 9.19. The lowest BCUT2D eigenvalue weighted by molar-refractivity contribution is -0.179. The summed E-state index contributed by atoms with van der Waals surface area (Å²) in [6.45, 7) is -0.0211. The van der Waals surface area contributed by atoms with Crippen molar-refractivity contribution in [2.24, 2.45) is 0 Å². The van der Waals surface area contributed by atoms with Crippen molar-refractivity contribution in [1.82, 2.24) is 10.2 Å². The molecule has 0 bridgehead atoms. The summed E-state index contributed by atoms with van der Waals surface area (Å²) < 4.78 is 18.3. The fourth-order valence-electron chi connectivity index (χ4n) is 4.01. The van der Waals surface area contributed by atoms with Gasteiger partial charge in [-0.1, -0.05) is 30.3 Å². The minimum Gasteiger partial charge on any atom is -0.448 e. The topological polar surface area (TPSA) is 67.9 Å². The van der Waals surface area contributed by atoms with Crippen molar-refractivity contribution in [3.05, 3.63) is 35.9 Å². The third-order valence-electron chi connectivity index (χ3n) is 5.36. The number of amides is 2. The number of likely N-dealkylation sites (tertiary alicyclic amines) is 1. The second-order valence-electron chi connectivity index (χ2n) is 6.87. The molecule has 0 radical (unpaired) electrons. The number of rotatable bonds is 5. The number of ether oxygens (including phenoxy) is 1. The van der Waals surface area contributed by atoms with Crippen molar-refractivity contribution in [2.75, 3.05) is 25.6 Å². The Bertz CT molecular complexity index is 662. The van der Waals surface area contributed by atoms with Gasteiger partial charge in [0.15, 0.2) is 0 Å². The summed E-state index contributed by atoms with van der Waals surface area (Å²) in [6, 6.07) is 9.20. The van der Waals surface area contributed by atoms with E-state index < -0.39 is 17.2 Å². The van der Waals surface area contributed by atoms with Crippen LogP contribution in [-0.4, -0.2) is 48.1 Å². The Morgan fingerprint density at radius 3 is 2.65 bits per heavy atom. The minimum atomic E-state index is -1.00. The van der Waals surface area contributed by atoms with Crippen LogP contribution in [0.15, 0.2) is 30.3 Å². The number of benzene rings is 1. The molecule has 8 heteroatoms. The fraction of sp³-hybridized carbons (Fsp3) is 0.556. The van der Waals surface area contributed by atoms with E-state index in [1.54, 1.807) is 0 Å². The van der Waals surface area contributed by atoms with Gasteiger partial charge in [0.1, 0.15) is 13.2 Å². The molecule has 3 rings (SSSR count). The molecule has 0 aliphatic carbocycles. The second-order valence-corrected chi connectivity index (χ2v) is 7.25. The number of halogens is 2. The molecule has 142 valence electrons. The summed E-state index contributed by atoms with van der Waals surface area (Å²) >= 11 is 5.64. The predicted molar refractivity (Wildman–Crippen MR) is 93.3 cm³/mol. The van der Waals surface area contributed by atoms with Crippen LogP contribution >= 0.6 is 11.6 Å². The molecular formula is C18H22ClFN2O4. The Hall–Kier alpha value is -1.86. The van der Waals surface area contributed by atoms with Gasteiger partial charge >= 0.3 is 6.09 Å². The molecule has 0 aromatic heterocycles. The lowest BCUT2D eigenvalue weighted by atomic mass is 9.74. The van der Waals surface area contributed by atoms with Crippen molar-refractivity contribution >= 4 is 23.6 Å². The van der Waals surface area contributed by atoms with Gasteiger partial charge in [-0.25, -0.2) is 4.79 Å². The highest BCUT2D eigenvalue weighted by molar-refractivity contribution is 6.18. The standard InChI is InChI=1S/C18H22ClFN2O4/c19-10-11-25-16(24)22-12-17(7-6-15(23)21-17)8-9-18(22,13-26-20)14-4-2-1-3-5-14/h1-5H,6-13H2,(H,21,23)/t17-,18-/m1/s1. The van der Waals surface area contributed by atoms with E-state index in [0.717, 1.165) is 5.56 Å². The molecular weight excluding hydrogens is 363 g/mol. The lowest BCUT2D eigenvalue weighted by Crippen LogP contribution is -2.64. The van der Waals surface area contributed by atoms with Gasteiger partial charge in [-0.3, -0.25) is 9.69 Å². The summed E-state index contributed by atoms with van der Waals surface area (Å²) in [6.07, 6.45) is 1.52. The SMILES string of the molecule is O=C1CC[C@]2(CC[C@@](COF)(c3ccccc3)N(C(=O)OCCCl)C2)N1. The van der Waals surface area contributed by atoms with E-state index >= 15 is 0 Å². The molecule has 1 N–H and O–H groups in total. The van der Waals surface area contributed by atoms with Crippen LogP contribution in [0, 0.1) is 0 Å². The van der Waals surface area contributed by atoms with Gasteiger partial charge < -0.3 is 10.1 Å². The third kappa shape index (κ3) is 3.50. The molecule has 0 unspecified atom stereocenters. The van der Waals surface area contributed by atoms with Gasteiger partial charge in [-0.2, -0.15) is 4.94 Å². The van der Waals surface area contributed by atoms with E-state index in [0.29, 0.717) is 25.7 Å². The van der Waals surface area contributed by atoms with Crippen LogP contribution in [0.5, 0.6) is 0 Å². The molecule has 1 aromatic carbocycles. The van der Waals surface area contributed by atoms with E-state index in [9.17, 15) is 14.1 Å². The zero-order valence-corrected chi connectivity index (χ0v) is 15.1. The molecule has 2 aliphatic rings. The molecule has 2 heterocycles. The van der Waals surface area contributed by atoms with Gasteiger partial charge in [-0.05, 0) is 29.4 Å². The molecule has 2 aliphatic heterocycles. The first-order chi connectivity index (χ1) is 12.6. The summed E-state index contributed by atoms with van der Waals surface area (Å²) in [5.74, 6) is 0.132. The van der Waals surface area contributed by atoms with Crippen LogP contribution in [0.4, 0.5) is 9.32 Å². The summed E-state index contributed by atoms with van der Waals surface area (Å²) in [5.41, 5.74) is -0.747. The van der Waals surface area contributed by atoms with E-state index in [2.05, 4.69) is 10.3 Å². The van der Waals surface area contributed by atoms with Gasteiger partial charge in [0.05, 0.1) is 17.0 Å². The molecule has 6 nitrogen and oxygen atoms in total. The number of hydrogen-bond donors (Lipinski definition) is 1. The Balaban J connectivity index is 1.97. The van der Waals surface area contributed by atoms with Crippen LogP contribution in [0.1, 0.15) is 31.2 Å². The van der Waals surface area contributed by atoms with Crippen LogP contribution in [0.2, 0.25) is 0 Å². The van der Waals surface area contributed by atoms with Crippen molar-refractivity contribution in [1.29, 1.82) is 0 Å². The lowest BCUT2D eigenvalue weighted by Gasteiger charge is -2.51. The largest absolute Gasteiger partial charge is 0.448 e.